The van der Waals surface area contributed by atoms with Crippen LogP contribution in [0.15, 0.2) is 47.1 Å². The number of anilines is 1. The summed E-state index contributed by atoms with van der Waals surface area (Å²) in [5.41, 5.74) is 1.21. The molecule has 1 saturated heterocycles. The first-order valence-electron chi connectivity index (χ1n) is 6.56. The minimum Gasteiger partial charge on any atom is -0.468 e. The van der Waals surface area contributed by atoms with Gasteiger partial charge in [-0.1, -0.05) is 17.7 Å². The van der Waals surface area contributed by atoms with Crippen LogP contribution in [0.2, 0.25) is 5.02 Å². The number of piperazine rings is 1. The Morgan fingerprint density at radius 1 is 1.05 bits per heavy atom. The van der Waals surface area contributed by atoms with Gasteiger partial charge in [-0.3, -0.25) is 4.90 Å². The average molecular weight is 277 g/mol. The summed E-state index contributed by atoms with van der Waals surface area (Å²) < 4.78 is 5.39. The minimum absolute atomic E-state index is 0.801. The molecule has 19 heavy (non-hydrogen) atoms. The molecule has 3 rings (SSSR count). The molecule has 0 atom stereocenters. The van der Waals surface area contributed by atoms with Gasteiger partial charge in [-0.15, -0.1) is 0 Å². The number of nitrogens with zero attached hydrogens (tertiary/aromatic N) is 2. The van der Waals surface area contributed by atoms with Crippen LogP contribution in [0.3, 0.4) is 0 Å². The van der Waals surface area contributed by atoms with E-state index < -0.39 is 0 Å². The summed E-state index contributed by atoms with van der Waals surface area (Å²) in [4.78, 5) is 4.80. The Labute approximate surface area is 118 Å². The van der Waals surface area contributed by atoms with Crippen molar-refractivity contribution in [2.75, 3.05) is 31.1 Å². The number of benzene rings is 1. The zero-order chi connectivity index (χ0) is 13.1. The largest absolute Gasteiger partial charge is 0.468 e. The van der Waals surface area contributed by atoms with Gasteiger partial charge in [0, 0.05) is 36.9 Å². The summed E-state index contributed by atoms with van der Waals surface area (Å²) in [6, 6.07) is 12.0. The second-order valence-corrected chi connectivity index (χ2v) is 5.26. The fourth-order valence-electron chi connectivity index (χ4n) is 2.46. The van der Waals surface area contributed by atoms with Crippen LogP contribution in [-0.4, -0.2) is 31.1 Å². The molecule has 0 bridgehead atoms. The van der Waals surface area contributed by atoms with E-state index in [1.807, 2.05) is 30.3 Å². The first-order chi connectivity index (χ1) is 9.31. The highest BCUT2D eigenvalue weighted by Crippen LogP contribution is 2.21. The van der Waals surface area contributed by atoms with Gasteiger partial charge in [0.2, 0.25) is 0 Å². The summed E-state index contributed by atoms with van der Waals surface area (Å²) in [6.07, 6.45) is 1.73. The molecule has 1 aliphatic rings. The molecule has 2 aromatic rings. The molecule has 1 aliphatic heterocycles. The standard InChI is InChI=1S/C15H17ClN2O/c16-13-3-1-4-14(11-13)18-8-6-17(7-9-18)12-15-5-2-10-19-15/h1-5,10-11H,6-9,12H2. The predicted molar refractivity (Wildman–Crippen MR) is 77.7 cm³/mol. The van der Waals surface area contributed by atoms with E-state index in [0.29, 0.717) is 0 Å². The summed E-state index contributed by atoms with van der Waals surface area (Å²) in [5, 5.41) is 0.801. The Bertz CT molecular complexity index is 519. The van der Waals surface area contributed by atoms with E-state index in [-0.39, 0.29) is 0 Å². The monoisotopic (exact) mass is 276 g/mol. The first kappa shape index (κ1) is 12.6. The third kappa shape index (κ3) is 3.11. The van der Waals surface area contributed by atoms with Crippen LogP contribution in [-0.2, 0) is 6.54 Å². The highest BCUT2D eigenvalue weighted by molar-refractivity contribution is 6.30. The number of furan rings is 1. The predicted octanol–water partition coefficient (Wildman–Crippen LogP) is 3.26. The zero-order valence-electron chi connectivity index (χ0n) is 10.8. The maximum Gasteiger partial charge on any atom is 0.117 e. The van der Waals surface area contributed by atoms with Gasteiger partial charge in [-0.25, -0.2) is 0 Å². The van der Waals surface area contributed by atoms with Crippen molar-refractivity contribution in [2.45, 2.75) is 6.54 Å². The van der Waals surface area contributed by atoms with Gasteiger partial charge in [0.05, 0.1) is 12.8 Å². The molecular weight excluding hydrogens is 260 g/mol. The number of hydrogen-bond donors (Lipinski definition) is 0. The van der Waals surface area contributed by atoms with E-state index in [9.17, 15) is 0 Å². The summed E-state index contributed by atoms with van der Waals surface area (Å²) in [6.45, 7) is 5.05. The first-order valence-corrected chi connectivity index (χ1v) is 6.94. The van der Waals surface area contributed by atoms with Gasteiger partial charge in [-0.2, -0.15) is 0 Å². The van der Waals surface area contributed by atoms with Crippen molar-refractivity contribution in [3.8, 4) is 0 Å². The molecule has 2 heterocycles. The van der Waals surface area contributed by atoms with Crippen LogP contribution in [0.4, 0.5) is 5.69 Å². The number of rotatable bonds is 3. The van der Waals surface area contributed by atoms with E-state index in [1.165, 1.54) is 5.69 Å². The quantitative estimate of drug-likeness (QED) is 0.858. The zero-order valence-corrected chi connectivity index (χ0v) is 11.5. The average Bonchev–Trinajstić information content (AvgIpc) is 2.92. The molecule has 0 amide bonds. The number of halogens is 1. The van der Waals surface area contributed by atoms with Gasteiger partial charge in [0.25, 0.3) is 0 Å². The van der Waals surface area contributed by atoms with E-state index in [4.69, 9.17) is 16.0 Å². The Hall–Kier alpha value is -1.45. The Kier molecular flexibility index (Phi) is 3.76. The van der Waals surface area contributed by atoms with Crippen LogP contribution in [0.25, 0.3) is 0 Å². The normalized spacial score (nSPS) is 16.8. The highest BCUT2D eigenvalue weighted by atomic mass is 35.5. The molecule has 4 heteroatoms. The van der Waals surface area contributed by atoms with Crippen molar-refractivity contribution in [1.82, 2.24) is 4.90 Å². The van der Waals surface area contributed by atoms with Crippen LogP contribution >= 0.6 is 11.6 Å². The van der Waals surface area contributed by atoms with E-state index in [2.05, 4.69) is 15.9 Å². The van der Waals surface area contributed by atoms with Crippen LogP contribution in [0.5, 0.6) is 0 Å². The smallest absolute Gasteiger partial charge is 0.117 e. The van der Waals surface area contributed by atoms with Crippen molar-refractivity contribution in [3.05, 3.63) is 53.4 Å². The second kappa shape index (κ2) is 5.68. The molecule has 0 saturated carbocycles. The fraction of sp³-hybridized carbons (Fsp3) is 0.333. The molecule has 0 radical (unpaired) electrons. The number of hydrogen-bond acceptors (Lipinski definition) is 3. The van der Waals surface area contributed by atoms with Crippen LogP contribution < -0.4 is 4.90 Å². The fourth-order valence-corrected chi connectivity index (χ4v) is 2.64. The third-order valence-corrected chi connectivity index (χ3v) is 3.74. The van der Waals surface area contributed by atoms with Crippen molar-refractivity contribution < 1.29 is 4.42 Å². The highest BCUT2D eigenvalue weighted by Gasteiger charge is 2.18. The lowest BCUT2D eigenvalue weighted by Gasteiger charge is -2.35. The van der Waals surface area contributed by atoms with Gasteiger partial charge >= 0.3 is 0 Å². The molecular formula is C15H17ClN2O. The van der Waals surface area contributed by atoms with Crippen molar-refractivity contribution in [1.29, 1.82) is 0 Å². The lowest BCUT2D eigenvalue weighted by atomic mass is 10.2. The molecule has 1 aromatic heterocycles. The van der Waals surface area contributed by atoms with Gasteiger partial charge in [-0.05, 0) is 30.3 Å². The maximum atomic E-state index is 6.04. The molecule has 0 unspecified atom stereocenters. The molecule has 1 fully saturated rings. The summed E-state index contributed by atoms with van der Waals surface area (Å²) >= 11 is 6.04. The second-order valence-electron chi connectivity index (χ2n) is 4.82. The van der Waals surface area contributed by atoms with E-state index in [0.717, 1.165) is 43.5 Å². The Morgan fingerprint density at radius 3 is 2.58 bits per heavy atom. The van der Waals surface area contributed by atoms with Crippen LogP contribution in [0.1, 0.15) is 5.76 Å². The SMILES string of the molecule is Clc1cccc(N2CCN(Cc3ccco3)CC2)c1. The minimum atomic E-state index is 0.801. The van der Waals surface area contributed by atoms with Gasteiger partial charge in [0.1, 0.15) is 5.76 Å². The van der Waals surface area contributed by atoms with Gasteiger partial charge in [0.15, 0.2) is 0 Å². The lowest BCUT2D eigenvalue weighted by molar-refractivity contribution is 0.230. The summed E-state index contributed by atoms with van der Waals surface area (Å²) in [7, 11) is 0. The van der Waals surface area contributed by atoms with E-state index in [1.54, 1.807) is 6.26 Å². The molecule has 3 nitrogen and oxygen atoms in total. The maximum absolute atomic E-state index is 6.04. The van der Waals surface area contributed by atoms with Crippen molar-refractivity contribution in [2.24, 2.45) is 0 Å². The van der Waals surface area contributed by atoms with Crippen molar-refractivity contribution in [3.63, 3.8) is 0 Å². The Balaban J connectivity index is 1.57. The molecule has 0 N–H and O–H groups in total. The van der Waals surface area contributed by atoms with E-state index >= 15 is 0 Å². The molecule has 1 aromatic carbocycles. The lowest BCUT2D eigenvalue weighted by Crippen LogP contribution is -2.45. The molecule has 100 valence electrons. The van der Waals surface area contributed by atoms with Gasteiger partial charge < -0.3 is 9.32 Å². The summed E-state index contributed by atoms with van der Waals surface area (Å²) in [5.74, 6) is 1.04. The van der Waals surface area contributed by atoms with Crippen molar-refractivity contribution >= 4 is 17.3 Å². The molecule has 0 aliphatic carbocycles. The topological polar surface area (TPSA) is 19.6 Å². The third-order valence-electron chi connectivity index (χ3n) is 3.51. The Morgan fingerprint density at radius 2 is 1.89 bits per heavy atom. The van der Waals surface area contributed by atoms with Crippen LogP contribution in [0, 0.1) is 0 Å². The molecule has 0 spiro atoms.